The molecule has 5 nitrogen and oxygen atoms in total. The van der Waals surface area contributed by atoms with Crippen LogP contribution in [0.25, 0.3) is 5.69 Å². The van der Waals surface area contributed by atoms with E-state index in [-0.39, 0.29) is 11.3 Å². The molecule has 94 valence electrons. The number of para-hydroxylation sites is 2. The lowest BCUT2D eigenvalue weighted by molar-refractivity contribution is 1.08. The number of nitrogens with zero attached hydrogens (tertiary/aromatic N) is 4. The van der Waals surface area contributed by atoms with Crippen molar-refractivity contribution in [3.8, 4) is 23.9 Å². The van der Waals surface area contributed by atoms with Gasteiger partial charge in [0.05, 0.1) is 11.4 Å². The summed E-state index contributed by atoms with van der Waals surface area (Å²) >= 11 is 0. The zero-order valence-corrected chi connectivity index (χ0v) is 10.4. The molecule has 2 rings (SSSR count). The summed E-state index contributed by atoms with van der Waals surface area (Å²) in [4.78, 5) is 0. The summed E-state index contributed by atoms with van der Waals surface area (Å²) < 4.78 is 1.87. The van der Waals surface area contributed by atoms with Gasteiger partial charge in [-0.2, -0.15) is 15.8 Å². The molecule has 0 atom stereocenters. The first-order chi connectivity index (χ1) is 9.80. The highest BCUT2D eigenvalue weighted by atomic mass is 15.0. The average Bonchev–Trinajstić information content (AvgIpc) is 3.02. The maximum absolute atomic E-state index is 9.06. The molecular formula is C15H9N5. The first kappa shape index (κ1) is 13.0. The highest BCUT2D eigenvalue weighted by molar-refractivity contribution is 5.67. The number of rotatable bonds is 3. The molecule has 0 saturated carbocycles. The van der Waals surface area contributed by atoms with Gasteiger partial charge >= 0.3 is 0 Å². The van der Waals surface area contributed by atoms with E-state index in [2.05, 4.69) is 5.32 Å². The van der Waals surface area contributed by atoms with E-state index in [0.717, 1.165) is 5.69 Å². The fourth-order valence-electron chi connectivity index (χ4n) is 1.72. The summed E-state index contributed by atoms with van der Waals surface area (Å²) in [5.41, 5.74) is 1.16. The van der Waals surface area contributed by atoms with E-state index in [9.17, 15) is 0 Å². The fourth-order valence-corrected chi connectivity index (χ4v) is 1.72. The second-order valence-corrected chi connectivity index (χ2v) is 3.82. The molecule has 0 aliphatic heterocycles. The quantitative estimate of drug-likeness (QED) is 0.858. The molecule has 0 radical (unpaired) electrons. The monoisotopic (exact) mass is 259 g/mol. The van der Waals surface area contributed by atoms with Gasteiger partial charge in [0.2, 0.25) is 0 Å². The molecule has 1 N–H and O–H groups in total. The Morgan fingerprint density at radius 1 is 0.900 bits per heavy atom. The van der Waals surface area contributed by atoms with E-state index in [1.165, 1.54) is 0 Å². The van der Waals surface area contributed by atoms with Gasteiger partial charge in [-0.25, -0.2) is 0 Å². The molecule has 0 aliphatic carbocycles. The summed E-state index contributed by atoms with van der Waals surface area (Å²) in [6.45, 7) is 0. The molecule has 20 heavy (non-hydrogen) atoms. The lowest BCUT2D eigenvalue weighted by atomic mass is 10.2. The van der Waals surface area contributed by atoms with Crippen LogP contribution in [0.2, 0.25) is 0 Å². The van der Waals surface area contributed by atoms with Crippen molar-refractivity contribution >= 4 is 5.69 Å². The van der Waals surface area contributed by atoms with Gasteiger partial charge in [0.15, 0.2) is 5.57 Å². The van der Waals surface area contributed by atoms with E-state index in [4.69, 9.17) is 15.8 Å². The van der Waals surface area contributed by atoms with Crippen molar-refractivity contribution < 1.29 is 0 Å². The Hall–Kier alpha value is -3.49. The minimum absolute atomic E-state index is 0.0605. The highest BCUT2D eigenvalue weighted by Gasteiger charge is 2.09. The van der Waals surface area contributed by atoms with Crippen molar-refractivity contribution in [2.45, 2.75) is 0 Å². The molecule has 0 fully saturated rings. The average molecular weight is 259 g/mol. The SMILES string of the molecule is N#CC(C#N)=C(C#N)Nc1ccccc1-n1cccc1. The number of aromatic nitrogens is 1. The lowest BCUT2D eigenvalue weighted by Gasteiger charge is -2.11. The topological polar surface area (TPSA) is 88.3 Å². The van der Waals surface area contributed by atoms with Crippen LogP contribution in [-0.2, 0) is 0 Å². The lowest BCUT2D eigenvalue weighted by Crippen LogP contribution is -2.04. The number of hydrogen-bond donors (Lipinski definition) is 1. The van der Waals surface area contributed by atoms with Crippen LogP contribution in [0.5, 0.6) is 0 Å². The smallest absolute Gasteiger partial charge is 0.163 e. The first-order valence-electron chi connectivity index (χ1n) is 5.74. The Morgan fingerprint density at radius 2 is 1.55 bits per heavy atom. The molecule has 0 bridgehead atoms. The molecule has 0 aliphatic rings. The maximum atomic E-state index is 9.06. The van der Waals surface area contributed by atoms with Gasteiger partial charge in [0.1, 0.15) is 23.9 Å². The van der Waals surface area contributed by atoms with Gasteiger partial charge in [-0.1, -0.05) is 12.1 Å². The summed E-state index contributed by atoms with van der Waals surface area (Å²) in [5, 5.41) is 29.6. The van der Waals surface area contributed by atoms with Crippen LogP contribution in [0, 0.1) is 34.0 Å². The number of allylic oxidation sites excluding steroid dienone is 2. The third-order valence-corrected chi connectivity index (χ3v) is 2.63. The molecule has 0 unspecified atom stereocenters. The third kappa shape index (κ3) is 2.51. The van der Waals surface area contributed by atoms with Crippen LogP contribution < -0.4 is 5.32 Å². The molecular weight excluding hydrogens is 250 g/mol. The molecule has 1 aromatic heterocycles. The van der Waals surface area contributed by atoms with Gasteiger partial charge in [0, 0.05) is 12.4 Å². The van der Waals surface area contributed by atoms with Crippen LogP contribution in [0.3, 0.4) is 0 Å². The minimum atomic E-state index is -0.241. The number of anilines is 1. The number of nitriles is 3. The van der Waals surface area contributed by atoms with Crippen molar-refractivity contribution in [1.29, 1.82) is 15.8 Å². The Balaban J connectivity index is 2.47. The van der Waals surface area contributed by atoms with E-state index in [1.807, 2.05) is 53.4 Å². The molecule has 5 heteroatoms. The Kier molecular flexibility index (Phi) is 3.83. The molecule has 0 saturated heterocycles. The van der Waals surface area contributed by atoms with Gasteiger partial charge < -0.3 is 9.88 Å². The van der Waals surface area contributed by atoms with E-state index in [0.29, 0.717) is 5.69 Å². The molecule has 1 aromatic carbocycles. The summed E-state index contributed by atoms with van der Waals surface area (Å²) in [5.74, 6) is 0. The van der Waals surface area contributed by atoms with Crippen LogP contribution in [0.15, 0.2) is 60.1 Å². The second-order valence-electron chi connectivity index (χ2n) is 3.82. The largest absolute Gasteiger partial charge is 0.343 e. The zero-order valence-electron chi connectivity index (χ0n) is 10.4. The van der Waals surface area contributed by atoms with Crippen LogP contribution in [-0.4, -0.2) is 4.57 Å². The van der Waals surface area contributed by atoms with Gasteiger partial charge in [0.25, 0.3) is 0 Å². The summed E-state index contributed by atoms with van der Waals surface area (Å²) in [7, 11) is 0. The Bertz CT molecular complexity index is 748. The van der Waals surface area contributed by atoms with Gasteiger partial charge in [-0.3, -0.25) is 0 Å². The fraction of sp³-hybridized carbons (Fsp3) is 0. The van der Waals surface area contributed by atoms with Crippen LogP contribution >= 0.6 is 0 Å². The van der Waals surface area contributed by atoms with E-state index < -0.39 is 0 Å². The van der Waals surface area contributed by atoms with Crippen molar-refractivity contribution in [3.05, 3.63) is 60.1 Å². The van der Waals surface area contributed by atoms with E-state index in [1.54, 1.807) is 18.2 Å². The number of hydrogen-bond acceptors (Lipinski definition) is 4. The van der Waals surface area contributed by atoms with Crippen molar-refractivity contribution in [3.63, 3.8) is 0 Å². The van der Waals surface area contributed by atoms with Crippen molar-refractivity contribution in [2.75, 3.05) is 5.32 Å². The maximum Gasteiger partial charge on any atom is 0.163 e. The minimum Gasteiger partial charge on any atom is -0.343 e. The number of nitrogens with one attached hydrogen (secondary N) is 1. The van der Waals surface area contributed by atoms with Crippen LogP contribution in [0.4, 0.5) is 5.69 Å². The summed E-state index contributed by atoms with van der Waals surface area (Å²) in [6.07, 6.45) is 3.73. The van der Waals surface area contributed by atoms with Crippen molar-refractivity contribution in [2.24, 2.45) is 0 Å². The molecule has 0 spiro atoms. The Morgan fingerprint density at radius 3 is 2.15 bits per heavy atom. The Labute approximate surface area is 116 Å². The second kappa shape index (κ2) is 5.91. The van der Waals surface area contributed by atoms with E-state index >= 15 is 0 Å². The third-order valence-electron chi connectivity index (χ3n) is 2.63. The first-order valence-corrected chi connectivity index (χ1v) is 5.74. The number of benzene rings is 1. The van der Waals surface area contributed by atoms with Gasteiger partial charge in [-0.15, -0.1) is 0 Å². The predicted octanol–water partition coefficient (Wildman–Crippen LogP) is 2.71. The van der Waals surface area contributed by atoms with Crippen LogP contribution in [0.1, 0.15) is 0 Å². The summed E-state index contributed by atoms with van der Waals surface area (Å²) in [6, 6.07) is 16.3. The van der Waals surface area contributed by atoms with Gasteiger partial charge in [-0.05, 0) is 24.3 Å². The molecule has 2 aromatic rings. The molecule has 1 heterocycles. The highest BCUT2D eigenvalue weighted by Crippen LogP contribution is 2.22. The molecule has 0 amide bonds. The zero-order chi connectivity index (χ0) is 14.4. The predicted molar refractivity (Wildman–Crippen MR) is 73.3 cm³/mol. The normalized spacial score (nSPS) is 8.85. The standard InChI is InChI=1S/C15H9N5/c16-9-12(10-17)14(11-18)19-13-5-1-2-6-15(13)20-7-3-4-8-20/h1-8,19H. The van der Waals surface area contributed by atoms with Crippen molar-refractivity contribution in [1.82, 2.24) is 4.57 Å².